The first kappa shape index (κ1) is 31.1. The molecule has 0 saturated carbocycles. The number of sulfonamides is 1. The summed E-state index contributed by atoms with van der Waals surface area (Å²) in [4.78, 5) is 40.1. The molecule has 0 radical (unpaired) electrons. The molecule has 0 saturated heterocycles. The predicted octanol–water partition coefficient (Wildman–Crippen LogP) is 4.40. The zero-order valence-electron chi connectivity index (χ0n) is 23.7. The Hall–Kier alpha value is -4.80. The standard InChI is InChI=1S/C33H33N3O6S/c1-23-7-6-8-25(21-23)22-35-32(39)29-11-4-2-9-27(29)28-10-3-5-12-30(28)33(40)36(20-18-31(37)38)19-17-24-13-15-26(16-14-24)43(34,41)42/h2-16,21H,17-20,22H2,1H3,(H,35,39)(H,37,38)(H2,34,41,42). The molecule has 0 atom stereocenters. The Morgan fingerprint density at radius 3 is 2.05 bits per heavy atom. The van der Waals surface area contributed by atoms with Gasteiger partial charge in [0.2, 0.25) is 10.0 Å². The number of carbonyl (C=O) groups excluding carboxylic acids is 2. The van der Waals surface area contributed by atoms with Crippen molar-refractivity contribution in [3.63, 3.8) is 0 Å². The zero-order valence-corrected chi connectivity index (χ0v) is 24.5. The number of nitrogens with one attached hydrogen (secondary N) is 1. The number of aliphatic carboxylic acids is 1. The summed E-state index contributed by atoms with van der Waals surface area (Å²) in [5.41, 5.74) is 4.67. The lowest BCUT2D eigenvalue weighted by molar-refractivity contribution is -0.137. The van der Waals surface area contributed by atoms with Gasteiger partial charge in [-0.3, -0.25) is 14.4 Å². The van der Waals surface area contributed by atoms with Gasteiger partial charge < -0.3 is 15.3 Å². The van der Waals surface area contributed by atoms with Crippen molar-refractivity contribution in [3.05, 3.63) is 125 Å². The normalized spacial score (nSPS) is 11.1. The van der Waals surface area contributed by atoms with E-state index in [4.69, 9.17) is 5.14 Å². The van der Waals surface area contributed by atoms with Crippen LogP contribution in [0.2, 0.25) is 0 Å². The van der Waals surface area contributed by atoms with Gasteiger partial charge in [-0.2, -0.15) is 0 Å². The van der Waals surface area contributed by atoms with Gasteiger partial charge in [0.15, 0.2) is 0 Å². The number of nitrogens with two attached hydrogens (primary N) is 1. The number of carboxylic acid groups (broad SMARTS) is 1. The molecule has 0 heterocycles. The summed E-state index contributed by atoms with van der Waals surface area (Å²) in [6.07, 6.45) is 0.104. The van der Waals surface area contributed by atoms with E-state index in [1.807, 2.05) is 31.2 Å². The van der Waals surface area contributed by atoms with Crippen LogP contribution in [0.1, 0.15) is 43.8 Å². The first-order valence-corrected chi connectivity index (χ1v) is 15.2. The number of amides is 2. The monoisotopic (exact) mass is 599 g/mol. The minimum Gasteiger partial charge on any atom is -0.481 e. The quantitative estimate of drug-likeness (QED) is 0.220. The number of rotatable bonds is 12. The second-order valence-electron chi connectivity index (χ2n) is 10.1. The predicted molar refractivity (Wildman–Crippen MR) is 164 cm³/mol. The van der Waals surface area contributed by atoms with E-state index in [0.717, 1.165) is 16.7 Å². The molecule has 4 aromatic rings. The smallest absolute Gasteiger partial charge is 0.305 e. The van der Waals surface area contributed by atoms with Crippen LogP contribution in [0.15, 0.2) is 102 Å². The molecule has 0 aliphatic carbocycles. The van der Waals surface area contributed by atoms with Gasteiger partial charge in [-0.15, -0.1) is 0 Å². The van der Waals surface area contributed by atoms with Crippen molar-refractivity contribution in [1.82, 2.24) is 10.2 Å². The molecule has 2 amide bonds. The highest BCUT2D eigenvalue weighted by Crippen LogP contribution is 2.28. The van der Waals surface area contributed by atoms with Crippen LogP contribution < -0.4 is 10.5 Å². The molecule has 9 nitrogen and oxygen atoms in total. The number of aryl methyl sites for hydroxylation is 1. The second-order valence-corrected chi connectivity index (χ2v) is 11.7. The van der Waals surface area contributed by atoms with Crippen molar-refractivity contribution in [1.29, 1.82) is 0 Å². The van der Waals surface area contributed by atoms with E-state index in [9.17, 15) is 27.9 Å². The number of hydrogen-bond acceptors (Lipinski definition) is 5. The number of primary sulfonamides is 1. The van der Waals surface area contributed by atoms with Crippen LogP contribution in [-0.2, 0) is 27.8 Å². The maximum absolute atomic E-state index is 13.9. The maximum Gasteiger partial charge on any atom is 0.305 e. The molecule has 43 heavy (non-hydrogen) atoms. The number of carbonyl (C=O) groups is 3. The van der Waals surface area contributed by atoms with Gasteiger partial charge in [0, 0.05) is 30.8 Å². The Bertz CT molecular complexity index is 1740. The van der Waals surface area contributed by atoms with E-state index in [1.165, 1.54) is 17.0 Å². The van der Waals surface area contributed by atoms with Crippen molar-refractivity contribution in [3.8, 4) is 11.1 Å². The lowest BCUT2D eigenvalue weighted by atomic mass is 9.94. The Labute approximate surface area is 251 Å². The highest BCUT2D eigenvalue weighted by Gasteiger charge is 2.22. The molecule has 0 bridgehead atoms. The van der Waals surface area contributed by atoms with Crippen LogP contribution in [0.25, 0.3) is 11.1 Å². The summed E-state index contributed by atoms with van der Waals surface area (Å²) >= 11 is 0. The van der Waals surface area contributed by atoms with Crippen molar-refractivity contribution in [2.24, 2.45) is 5.14 Å². The zero-order chi connectivity index (χ0) is 31.0. The second kappa shape index (κ2) is 13.9. The van der Waals surface area contributed by atoms with Crippen molar-refractivity contribution >= 4 is 27.8 Å². The third-order valence-corrected chi connectivity index (χ3v) is 7.89. The minimum atomic E-state index is -3.84. The van der Waals surface area contributed by atoms with Gasteiger partial charge in [-0.05, 0) is 59.9 Å². The Morgan fingerprint density at radius 2 is 1.42 bits per heavy atom. The van der Waals surface area contributed by atoms with Gasteiger partial charge in [-0.1, -0.05) is 78.4 Å². The minimum absolute atomic E-state index is 0.0226. The number of nitrogens with zero attached hydrogens (tertiary/aromatic N) is 1. The molecule has 0 spiro atoms. The van der Waals surface area contributed by atoms with Crippen LogP contribution in [0, 0.1) is 6.92 Å². The largest absolute Gasteiger partial charge is 0.481 e. The third kappa shape index (κ3) is 8.37. The molecular formula is C33H33N3O6S. The highest BCUT2D eigenvalue weighted by molar-refractivity contribution is 7.89. The van der Waals surface area contributed by atoms with Gasteiger partial charge >= 0.3 is 5.97 Å². The van der Waals surface area contributed by atoms with E-state index < -0.39 is 16.0 Å². The number of benzene rings is 4. The molecular weight excluding hydrogens is 566 g/mol. The molecule has 0 fully saturated rings. The van der Waals surface area contributed by atoms with Crippen LogP contribution in [0.4, 0.5) is 0 Å². The molecule has 0 aromatic heterocycles. The van der Waals surface area contributed by atoms with Crippen LogP contribution in [0.5, 0.6) is 0 Å². The summed E-state index contributed by atoms with van der Waals surface area (Å²) < 4.78 is 23.2. The summed E-state index contributed by atoms with van der Waals surface area (Å²) in [5, 5.41) is 17.5. The van der Waals surface area contributed by atoms with Crippen LogP contribution in [0.3, 0.4) is 0 Å². The summed E-state index contributed by atoms with van der Waals surface area (Å²) in [7, 11) is -3.84. The van der Waals surface area contributed by atoms with Crippen molar-refractivity contribution < 1.29 is 27.9 Å². The van der Waals surface area contributed by atoms with E-state index in [1.54, 1.807) is 60.7 Å². The van der Waals surface area contributed by atoms with Crippen LogP contribution in [-0.4, -0.2) is 49.3 Å². The molecule has 4 rings (SSSR count). The maximum atomic E-state index is 13.9. The Balaban J connectivity index is 1.59. The Morgan fingerprint density at radius 1 is 0.791 bits per heavy atom. The summed E-state index contributed by atoms with van der Waals surface area (Å²) in [5.74, 6) is -1.71. The molecule has 222 valence electrons. The van der Waals surface area contributed by atoms with Crippen molar-refractivity contribution in [2.45, 2.75) is 31.2 Å². The summed E-state index contributed by atoms with van der Waals surface area (Å²) in [6.45, 7) is 2.49. The molecule has 10 heteroatoms. The van der Waals surface area contributed by atoms with Gasteiger partial charge in [0.25, 0.3) is 11.8 Å². The first-order chi connectivity index (χ1) is 20.5. The number of carboxylic acids is 1. The molecule has 0 unspecified atom stereocenters. The van der Waals surface area contributed by atoms with Gasteiger partial charge in [0.1, 0.15) is 0 Å². The fourth-order valence-corrected chi connectivity index (χ4v) is 5.26. The van der Waals surface area contributed by atoms with E-state index >= 15 is 0 Å². The fourth-order valence-electron chi connectivity index (χ4n) is 4.75. The van der Waals surface area contributed by atoms with Gasteiger partial charge in [-0.25, -0.2) is 13.6 Å². The topological polar surface area (TPSA) is 147 Å². The molecule has 4 aromatic carbocycles. The van der Waals surface area contributed by atoms with Crippen molar-refractivity contribution in [2.75, 3.05) is 13.1 Å². The van der Waals surface area contributed by atoms with Gasteiger partial charge in [0.05, 0.1) is 11.3 Å². The molecule has 4 N–H and O–H groups in total. The first-order valence-electron chi connectivity index (χ1n) is 13.7. The van der Waals surface area contributed by atoms with E-state index in [-0.39, 0.29) is 36.2 Å². The molecule has 0 aliphatic heterocycles. The average molecular weight is 600 g/mol. The highest BCUT2D eigenvalue weighted by atomic mass is 32.2. The summed E-state index contributed by atoms with van der Waals surface area (Å²) in [6, 6.07) is 27.8. The number of hydrogen-bond donors (Lipinski definition) is 3. The third-order valence-electron chi connectivity index (χ3n) is 6.96. The fraction of sp³-hybridized carbons (Fsp3) is 0.182. The van der Waals surface area contributed by atoms with E-state index in [0.29, 0.717) is 35.2 Å². The SMILES string of the molecule is Cc1cccc(CNC(=O)c2ccccc2-c2ccccc2C(=O)N(CCC(=O)O)CCc2ccc(S(N)(=O)=O)cc2)c1. The average Bonchev–Trinajstić information content (AvgIpc) is 2.99. The van der Waals surface area contributed by atoms with E-state index in [2.05, 4.69) is 5.32 Å². The van der Waals surface area contributed by atoms with Crippen LogP contribution >= 0.6 is 0 Å². The lowest BCUT2D eigenvalue weighted by Gasteiger charge is -2.24. The lowest BCUT2D eigenvalue weighted by Crippen LogP contribution is -2.35. The Kier molecular flexibility index (Phi) is 10.1. The molecule has 0 aliphatic rings.